The summed E-state index contributed by atoms with van der Waals surface area (Å²) in [6.45, 7) is 10.4. The van der Waals surface area contributed by atoms with E-state index in [4.69, 9.17) is 37.9 Å². The zero-order valence-corrected chi connectivity index (χ0v) is 28.1. The third kappa shape index (κ3) is 8.25. The Balaban J connectivity index is 1.57. The quantitative estimate of drug-likeness (QED) is 0.156. The van der Waals surface area contributed by atoms with Crippen molar-refractivity contribution in [3.05, 3.63) is 59.7 Å². The van der Waals surface area contributed by atoms with Gasteiger partial charge in [0, 0.05) is 18.9 Å². The molecule has 0 aliphatic heterocycles. The Morgan fingerprint density at radius 2 is 1.36 bits per heavy atom. The summed E-state index contributed by atoms with van der Waals surface area (Å²) in [5, 5.41) is 0. The normalized spacial score (nSPS) is 25.8. The fourth-order valence-electron chi connectivity index (χ4n) is 6.97. The van der Waals surface area contributed by atoms with Gasteiger partial charge in [-0.15, -0.1) is 0 Å². The number of hydrogen-bond donors (Lipinski definition) is 0. The highest BCUT2D eigenvalue weighted by Gasteiger charge is 2.64. The van der Waals surface area contributed by atoms with E-state index in [1.165, 1.54) is 0 Å². The summed E-state index contributed by atoms with van der Waals surface area (Å²) in [5.74, 6) is 1.67. The molecule has 2 aromatic carbocycles. The second-order valence-electron chi connectivity index (χ2n) is 13.3. The molecule has 4 atom stereocenters. The summed E-state index contributed by atoms with van der Waals surface area (Å²) in [6, 6.07) is 15.6. The molecule has 2 aromatic rings. The van der Waals surface area contributed by atoms with Crippen LogP contribution in [0.15, 0.2) is 48.5 Å². The SMILES string of the molecule is COCCOCO[C@@H]1[C@H](OCc2ccc(OC)cc2)[C@H]2CC[C@@](OCOCc3ccc(OC)cc3)(C(=O)CCC1(C)C)C2(C)C. The number of fused-ring (bicyclic) bond motifs is 2. The van der Waals surface area contributed by atoms with E-state index in [0.29, 0.717) is 45.7 Å². The van der Waals surface area contributed by atoms with E-state index in [0.717, 1.165) is 29.0 Å². The van der Waals surface area contributed by atoms with Crippen LogP contribution in [0.4, 0.5) is 0 Å². The minimum atomic E-state index is -1.00. The van der Waals surface area contributed by atoms with Crippen LogP contribution in [0, 0.1) is 16.7 Å². The van der Waals surface area contributed by atoms with Gasteiger partial charge in [0.05, 0.1) is 52.9 Å². The Labute approximate surface area is 268 Å². The maximum Gasteiger partial charge on any atom is 0.165 e. The zero-order valence-electron chi connectivity index (χ0n) is 28.1. The lowest BCUT2D eigenvalue weighted by Gasteiger charge is -2.46. The van der Waals surface area contributed by atoms with Crippen LogP contribution in [0.1, 0.15) is 64.5 Å². The first-order chi connectivity index (χ1) is 21.6. The summed E-state index contributed by atoms with van der Waals surface area (Å²) in [4.78, 5) is 14.2. The molecule has 0 saturated heterocycles. The fraction of sp³-hybridized carbons (Fsp3) is 0.639. The van der Waals surface area contributed by atoms with Gasteiger partial charge in [0.15, 0.2) is 5.78 Å². The lowest BCUT2D eigenvalue weighted by molar-refractivity contribution is -0.213. The maximum atomic E-state index is 14.2. The van der Waals surface area contributed by atoms with Crippen LogP contribution in [-0.2, 0) is 46.4 Å². The van der Waals surface area contributed by atoms with Crippen molar-refractivity contribution in [3.63, 3.8) is 0 Å². The van der Waals surface area contributed by atoms with Gasteiger partial charge in [0.2, 0.25) is 0 Å². The van der Waals surface area contributed by atoms with Gasteiger partial charge >= 0.3 is 0 Å². The van der Waals surface area contributed by atoms with Gasteiger partial charge in [0.1, 0.15) is 30.7 Å². The molecule has 0 heterocycles. The van der Waals surface area contributed by atoms with Crippen LogP contribution in [0.25, 0.3) is 0 Å². The number of carbonyl (C=O) groups is 1. The summed E-state index contributed by atoms with van der Waals surface area (Å²) < 4.78 is 47.4. The van der Waals surface area contributed by atoms with E-state index < -0.39 is 11.0 Å². The molecule has 0 radical (unpaired) electrons. The predicted molar refractivity (Wildman–Crippen MR) is 170 cm³/mol. The highest BCUT2D eigenvalue weighted by molar-refractivity contribution is 5.89. The Bertz CT molecular complexity index is 1190. The smallest absolute Gasteiger partial charge is 0.165 e. The Hall–Kier alpha value is -2.53. The second-order valence-corrected chi connectivity index (χ2v) is 13.3. The number of Topliss-reactive ketones (excluding diaryl/α,β-unsaturated/α-hetero) is 1. The molecule has 45 heavy (non-hydrogen) atoms. The number of carbonyl (C=O) groups excluding carboxylic acids is 1. The lowest BCUT2D eigenvalue weighted by Crippen LogP contribution is -2.55. The van der Waals surface area contributed by atoms with Crippen molar-refractivity contribution in [2.75, 3.05) is 48.1 Å². The van der Waals surface area contributed by atoms with Crippen molar-refractivity contribution in [3.8, 4) is 11.5 Å². The average Bonchev–Trinajstić information content (AvgIpc) is 3.31. The first kappa shape index (κ1) is 35.3. The molecular formula is C36H52O9. The first-order valence-electron chi connectivity index (χ1n) is 15.9. The first-order valence-corrected chi connectivity index (χ1v) is 15.9. The monoisotopic (exact) mass is 628 g/mol. The maximum absolute atomic E-state index is 14.2. The van der Waals surface area contributed by atoms with Gasteiger partial charge in [-0.2, -0.15) is 0 Å². The van der Waals surface area contributed by atoms with E-state index in [-0.39, 0.29) is 42.9 Å². The third-order valence-corrected chi connectivity index (χ3v) is 9.87. The summed E-state index contributed by atoms with van der Waals surface area (Å²) in [5.41, 5.74) is 0.0981. The molecule has 0 amide bonds. The van der Waals surface area contributed by atoms with Gasteiger partial charge in [0.25, 0.3) is 0 Å². The van der Waals surface area contributed by atoms with Crippen molar-refractivity contribution >= 4 is 5.78 Å². The van der Waals surface area contributed by atoms with Crippen molar-refractivity contribution in [1.29, 1.82) is 0 Å². The molecular weight excluding hydrogens is 576 g/mol. The van der Waals surface area contributed by atoms with Crippen molar-refractivity contribution < 1.29 is 42.7 Å². The van der Waals surface area contributed by atoms with Gasteiger partial charge in [-0.3, -0.25) is 4.79 Å². The molecule has 2 aliphatic rings. The molecule has 2 fully saturated rings. The van der Waals surface area contributed by atoms with Crippen LogP contribution >= 0.6 is 0 Å². The number of methoxy groups -OCH3 is 3. The number of benzene rings is 2. The molecule has 250 valence electrons. The minimum absolute atomic E-state index is 0.0158. The molecule has 0 unspecified atom stereocenters. The highest BCUT2D eigenvalue weighted by atomic mass is 16.7. The molecule has 0 N–H and O–H groups in total. The van der Waals surface area contributed by atoms with Crippen LogP contribution < -0.4 is 9.47 Å². The molecule has 2 saturated carbocycles. The van der Waals surface area contributed by atoms with Crippen LogP contribution in [-0.4, -0.2) is 71.7 Å². The topological polar surface area (TPSA) is 90.9 Å². The van der Waals surface area contributed by atoms with Gasteiger partial charge in [-0.25, -0.2) is 0 Å². The fourth-order valence-corrected chi connectivity index (χ4v) is 6.97. The van der Waals surface area contributed by atoms with Crippen molar-refractivity contribution in [1.82, 2.24) is 0 Å². The molecule has 0 spiro atoms. The van der Waals surface area contributed by atoms with E-state index >= 15 is 0 Å². The molecule has 2 bridgehead atoms. The molecule has 2 aliphatic carbocycles. The zero-order chi connectivity index (χ0) is 32.5. The molecule has 9 nitrogen and oxygen atoms in total. The second kappa shape index (κ2) is 15.8. The lowest BCUT2D eigenvalue weighted by atomic mass is 9.67. The highest BCUT2D eigenvalue weighted by Crippen LogP contribution is 2.58. The summed E-state index contributed by atoms with van der Waals surface area (Å²) in [6.07, 6.45) is 1.70. The largest absolute Gasteiger partial charge is 0.497 e. The summed E-state index contributed by atoms with van der Waals surface area (Å²) >= 11 is 0. The van der Waals surface area contributed by atoms with Gasteiger partial charge < -0.3 is 37.9 Å². The Morgan fingerprint density at radius 1 is 0.733 bits per heavy atom. The van der Waals surface area contributed by atoms with Crippen LogP contribution in [0.5, 0.6) is 11.5 Å². The molecule has 4 rings (SSSR count). The summed E-state index contributed by atoms with van der Waals surface area (Å²) in [7, 11) is 4.94. The van der Waals surface area contributed by atoms with Crippen LogP contribution in [0.2, 0.25) is 0 Å². The van der Waals surface area contributed by atoms with Crippen molar-refractivity contribution in [2.45, 2.75) is 84.4 Å². The standard InChI is InChI=1S/C36H52O9/c1-34(2)18-17-31(37)36(45-25-42-22-26-8-12-28(39-6)13-9-26)19-16-30(35(36,3)4)32(33(34)44-24-41-21-20-38-5)43-23-27-10-14-29(40-7)15-11-27/h8-15,30,32-33H,16-25H2,1-7H3/t30-,32-,33-,36-/m1/s1. The average molecular weight is 629 g/mol. The third-order valence-electron chi connectivity index (χ3n) is 9.87. The van der Waals surface area contributed by atoms with Gasteiger partial charge in [-0.1, -0.05) is 52.0 Å². The molecule has 0 aromatic heterocycles. The van der Waals surface area contributed by atoms with Crippen molar-refractivity contribution in [2.24, 2.45) is 16.7 Å². The van der Waals surface area contributed by atoms with E-state index in [1.54, 1.807) is 21.3 Å². The Kier molecular flexibility index (Phi) is 12.4. The number of rotatable bonds is 16. The number of hydrogen-bond acceptors (Lipinski definition) is 9. The van der Waals surface area contributed by atoms with Gasteiger partial charge in [-0.05, 0) is 66.0 Å². The minimum Gasteiger partial charge on any atom is -0.497 e. The number of ether oxygens (including phenoxy) is 8. The van der Waals surface area contributed by atoms with E-state index in [9.17, 15) is 4.79 Å². The Morgan fingerprint density at radius 3 is 1.96 bits per heavy atom. The predicted octanol–water partition coefficient (Wildman–Crippen LogP) is 6.35. The van der Waals surface area contributed by atoms with Crippen LogP contribution in [0.3, 0.4) is 0 Å². The van der Waals surface area contributed by atoms with E-state index in [2.05, 4.69) is 27.7 Å². The number of ketones is 1. The molecule has 9 heteroatoms. The van der Waals surface area contributed by atoms with E-state index in [1.807, 2.05) is 48.5 Å².